The van der Waals surface area contributed by atoms with Crippen LogP contribution in [0, 0.1) is 0 Å². The van der Waals surface area contributed by atoms with Gasteiger partial charge in [0.05, 0.1) is 26.4 Å². The molecule has 0 aliphatic heterocycles. The number of hydrogen-bond acceptors (Lipinski definition) is 8. The van der Waals surface area contributed by atoms with Gasteiger partial charge in [0.1, 0.15) is 12.2 Å². The van der Waals surface area contributed by atoms with Gasteiger partial charge in [0.2, 0.25) is 0 Å². The van der Waals surface area contributed by atoms with Crippen molar-refractivity contribution in [2.45, 2.75) is 161 Å². The van der Waals surface area contributed by atoms with Crippen LogP contribution in [-0.2, 0) is 27.9 Å². The molecule has 0 fully saturated rings. The predicted molar refractivity (Wildman–Crippen MR) is 191 cm³/mol. The average molecular weight is 689 g/mol. The lowest BCUT2D eigenvalue weighted by Crippen LogP contribution is -2.29. The van der Waals surface area contributed by atoms with E-state index in [0.29, 0.717) is 6.61 Å². The number of phosphoric ester groups is 1. The van der Waals surface area contributed by atoms with Crippen LogP contribution >= 0.6 is 7.82 Å². The molecule has 0 bridgehead atoms. The van der Waals surface area contributed by atoms with Crippen molar-refractivity contribution >= 4 is 13.8 Å². The summed E-state index contributed by atoms with van der Waals surface area (Å²) in [6.45, 7) is 3.35. The first kappa shape index (κ1) is 45.7. The van der Waals surface area contributed by atoms with E-state index in [-0.39, 0.29) is 19.6 Å². The minimum atomic E-state index is -4.51. The van der Waals surface area contributed by atoms with E-state index in [1.54, 1.807) is 0 Å². The Bertz CT molecular complexity index is 831. The quantitative estimate of drug-likeness (QED) is 0.0258. The first-order valence-electron chi connectivity index (χ1n) is 18.5. The fraction of sp³-hybridized carbons (Fsp3) is 0.811. The summed E-state index contributed by atoms with van der Waals surface area (Å²) in [6, 6.07) is 0. The summed E-state index contributed by atoms with van der Waals surface area (Å²) in [4.78, 5) is 22.4. The molecule has 0 saturated carbocycles. The van der Waals surface area contributed by atoms with Crippen LogP contribution in [0.4, 0.5) is 0 Å². The number of rotatable bonds is 35. The molecule has 0 spiro atoms. The molecular formula is C37H69O9P. The van der Waals surface area contributed by atoms with Crippen molar-refractivity contribution in [3.05, 3.63) is 36.5 Å². The van der Waals surface area contributed by atoms with Gasteiger partial charge in [-0.05, 0) is 44.9 Å². The molecule has 10 heteroatoms. The van der Waals surface area contributed by atoms with Crippen molar-refractivity contribution in [3.8, 4) is 0 Å². The van der Waals surface area contributed by atoms with Crippen LogP contribution in [0.25, 0.3) is 0 Å². The maximum atomic E-state index is 12.5. The molecule has 0 aromatic heterocycles. The Kier molecular flexibility index (Phi) is 33.6. The fourth-order valence-electron chi connectivity index (χ4n) is 4.78. The van der Waals surface area contributed by atoms with Crippen LogP contribution in [0.3, 0.4) is 0 Å². The molecule has 276 valence electrons. The maximum Gasteiger partial charge on any atom is 0.472 e. The Morgan fingerprint density at radius 2 is 1.21 bits per heavy atom. The van der Waals surface area contributed by atoms with E-state index in [9.17, 15) is 19.4 Å². The smallest absolute Gasteiger partial charge is 0.457 e. The third-order valence-electron chi connectivity index (χ3n) is 7.59. The lowest BCUT2D eigenvalue weighted by molar-refractivity contribution is -0.154. The van der Waals surface area contributed by atoms with E-state index < -0.39 is 39.2 Å². The van der Waals surface area contributed by atoms with Gasteiger partial charge in [-0.3, -0.25) is 13.8 Å². The Balaban J connectivity index is 4.24. The molecule has 9 nitrogen and oxygen atoms in total. The number of esters is 1. The van der Waals surface area contributed by atoms with Crippen molar-refractivity contribution < 1.29 is 43.0 Å². The van der Waals surface area contributed by atoms with Crippen molar-refractivity contribution in [1.82, 2.24) is 0 Å². The monoisotopic (exact) mass is 688 g/mol. The molecule has 47 heavy (non-hydrogen) atoms. The number of aliphatic hydroxyl groups excluding tert-OH is 2. The second-order valence-electron chi connectivity index (χ2n) is 12.2. The van der Waals surface area contributed by atoms with Gasteiger partial charge in [-0.15, -0.1) is 0 Å². The fourth-order valence-corrected chi connectivity index (χ4v) is 5.57. The first-order valence-corrected chi connectivity index (χ1v) is 20.0. The minimum Gasteiger partial charge on any atom is -0.457 e. The Hall–Kier alpha value is -1.32. The molecule has 3 atom stereocenters. The van der Waals surface area contributed by atoms with Crippen LogP contribution in [0.15, 0.2) is 36.5 Å². The normalized spacial score (nSPS) is 14.7. The van der Waals surface area contributed by atoms with E-state index in [2.05, 4.69) is 50.3 Å². The SMILES string of the molecule is CC/C=C\C/C=C\C/C=C\CCCCCCCCOCC(COP(=O)(O)OCC(O)CO)OC(=O)CCCCCCCCCCCC. The Morgan fingerprint density at radius 1 is 0.681 bits per heavy atom. The zero-order valence-corrected chi connectivity index (χ0v) is 30.6. The highest BCUT2D eigenvalue weighted by Gasteiger charge is 2.26. The van der Waals surface area contributed by atoms with E-state index in [1.165, 1.54) is 64.2 Å². The number of carbonyl (C=O) groups is 1. The number of allylic oxidation sites excluding steroid dienone is 6. The molecule has 3 unspecified atom stereocenters. The van der Waals surface area contributed by atoms with Crippen LogP contribution in [0.1, 0.15) is 149 Å². The Labute approximate surface area is 286 Å². The highest BCUT2D eigenvalue weighted by molar-refractivity contribution is 7.47. The van der Waals surface area contributed by atoms with E-state index in [1.807, 2.05) is 0 Å². The second-order valence-corrected chi connectivity index (χ2v) is 13.7. The van der Waals surface area contributed by atoms with E-state index in [4.69, 9.17) is 23.6 Å². The standard InChI is InChI=1S/C37H69O9P/c1-3-5-7-9-11-13-15-16-17-18-19-20-22-24-26-28-30-43-33-36(34-45-47(41,42)44-32-35(39)31-38)46-37(40)29-27-25-23-21-14-12-10-8-6-4-2/h5,7,11,13,16-17,35-36,38-39H,3-4,6,8-10,12,14-15,18-34H2,1-2H3,(H,41,42)/b7-5-,13-11-,17-16-. The third kappa shape index (κ3) is 34.3. The molecule has 3 N–H and O–H groups in total. The molecule has 0 heterocycles. The number of unbranched alkanes of at least 4 members (excludes halogenated alkanes) is 15. The van der Waals surface area contributed by atoms with Crippen LogP contribution in [0.2, 0.25) is 0 Å². The van der Waals surface area contributed by atoms with Gasteiger partial charge >= 0.3 is 13.8 Å². The number of aliphatic hydroxyl groups is 2. The molecule has 0 saturated heterocycles. The molecular weight excluding hydrogens is 619 g/mol. The van der Waals surface area contributed by atoms with Gasteiger partial charge < -0.3 is 24.6 Å². The van der Waals surface area contributed by atoms with Crippen molar-refractivity contribution in [3.63, 3.8) is 0 Å². The molecule has 0 aliphatic carbocycles. The molecule has 0 aromatic carbocycles. The lowest BCUT2D eigenvalue weighted by Gasteiger charge is -2.20. The molecule has 0 aliphatic rings. The lowest BCUT2D eigenvalue weighted by atomic mass is 10.1. The van der Waals surface area contributed by atoms with Gasteiger partial charge in [0.15, 0.2) is 0 Å². The summed E-state index contributed by atoms with van der Waals surface area (Å²) in [5.41, 5.74) is 0. The van der Waals surface area contributed by atoms with Crippen LogP contribution in [0.5, 0.6) is 0 Å². The van der Waals surface area contributed by atoms with Gasteiger partial charge in [0, 0.05) is 13.0 Å². The summed E-state index contributed by atoms with van der Waals surface area (Å²) in [5, 5.41) is 18.3. The third-order valence-corrected chi connectivity index (χ3v) is 8.54. The van der Waals surface area contributed by atoms with E-state index in [0.717, 1.165) is 64.2 Å². The first-order chi connectivity index (χ1) is 22.8. The second kappa shape index (κ2) is 34.5. The highest BCUT2D eigenvalue weighted by Crippen LogP contribution is 2.43. The van der Waals surface area contributed by atoms with Gasteiger partial charge in [0.25, 0.3) is 0 Å². The summed E-state index contributed by atoms with van der Waals surface area (Å²) >= 11 is 0. The maximum absolute atomic E-state index is 12.5. The van der Waals surface area contributed by atoms with Gasteiger partial charge in [-0.25, -0.2) is 4.57 Å². The average Bonchev–Trinajstić information content (AvgIpc) is 3.06. The van der Waals surface area contributed by atoms with E-state index >= 15 is 0 Å². The summed E-state index contributed by atoms with van der Waals surface area (Å²) in [6.07, 6.45) is 33.9. The summed E-state index contributed by atoms with van der Waals surface area (Å²) in [7, 11) is -4.51. The van der Waals surface area contributed by atoms with Gasteiger partial charge in [-0.2, -0.15) is 0 Å². The molecule has 0 aromatic rings. The zero-order valence-electron chi connectivity index (χ0n) is 29.7. The van der Waals surface area contributed by atoms with Crippen LogP contribution < -0.4 is 0 Å². The predicted octanol–water partition coefficient (Wildman–Crippen LogP) is 9.30. The number of carbonyl (C=O) groups excluding carboxylic acids is 1. The topological polar surface area (TPSA) is 132 Å². The van der Waals surface area contributed by atoms with Crippen molar-refractivity contribution in [2.24, 2.45) is 0 Å². The van der Waals surface area contributed by atoms with Gasteiger partial charge in [-0.1, -0.05) is 134 Å². The molecule has 0 rings (SSSR count). The van der Waals surface area contributed by atoms with Crippen molar-refractivity contribution in [1.29, 1.82) is 0 Å². The number of phosphoric acid groups is 1. The number of ether oxygens (including phenoxy) is 2. The zero-order chi connectivity index (χ0) is 34.7. The summed E-state index contributed by atoms with van der Waals surface area (Å²) < 4.78 is 33.2. The Morgan fingerprint density at radius 3 is 1.83 bits per heavy atom. The minimum absolute atomic E-state index is 0.0417. The highest BCUT2D eigenvalue weighted by atomic mass is 31.2. The molecule has 0 amide bonds. The van der Waals surface area contributed by atoms with Crippen LogP contribution in [-0.4, -0.2) is 66.3 Å². The number of hydrogen-bond donors (Lipinski definition) is 3. The summed E-state index contributed by atoms with van der Waals surface area (Å²) in [5.74, 6) is -0.391. The molecule has 0 radical (unpaired) electrons. The largest absolute Gasteiger partial charge is 0.472 e. The van der Waals surface area contributed by atoms with Crippen molar-refractivity contribution in [2.75, 3.05) is 33.0 Å².